The van der Waals surface area contributed by atoms with Crippen LogP contribution < -0.4 is 10.2 Å². The van der Waals surface area contributed by atoms with Crippen LogP contribution in [0, 0.1) is 6.92 Å². The van der Waals surface area contributed by atoms with E-state index in [-0.39, 0.29) is 12.1 Å². The van der Waals surface area contributed by atoms with Gasteiger partial charge in [0.15, 0.2) is 0 Å². The minimum absolute atomic E-state index is 0.108. The minimum Gasteiger partial charge on any atom is -0.441 e. The van der Waals surface area contributed by atoms with E-state index in [1.54, 1.807) is 6.92 Å². The molecule has 0 unspecified atom stereocenters. The summed E-state index contributed by atoms with van der Waals surface area (Å²) in [4.78, 5) is 19.1. The first-order chi connectivity index (χ1) is 15.3. The van der Waals surface area contributed by atoms with E-state index in [0.29, 0.717) is 49.3 Å². The molecule has 0 radical (unpaired) electrons. The third-order valence-corrected chi connectivity index (χ3v) is 5.19. The first kappa shape index (κ1) is 21.9. The molecule has 6 nitrogen and oxygen atoms in total. The van der Waals surface area contributed by atoms with E-state index < -0.39 is 17.6 Å². The molecule has 9 heteroatoms. The van der Waals surface area contributed by atoms with Crippen LogP contribution in [0.25, 0.3) is 11.5 Å². The number of hydrogen-bond acceptors (Lipinski definition) is 5. The van der Waals surface area contributed by atoms with Crippen molar-refractivity contribution in [1.29, 1.82) is 0 Å². The number of ether oxygens (including phenoxy) is 1. The van der Waals surface area contributed by atoms with Gasteiger partial charge in [0.1, 0.15) is 5.76 Å². The van der Waals surface area contributed by atoms with Crippen molar-refractivity contribution < 1.29 is 27.1 Å². The molecule has 32 heavy (non-hydrogen) atoms. The number of aryl methyl sites for hydroxylation is 1. The number of morpholine rings is 1. The van der Waals surface area contributed by atoms with Gasteiger partial charge in [-0.15, -0.1) is 0 Å². The summed E-state index contributed by atoms with van der Waals surface area (Å²) >= 11 is 0. The Labute approximate surface area is 183 Å². The third-order valence-electron chi connectivity index (χ3n) is 5.19. The van der Waals surface area contributed by atoms with Gasteiger partial charge in [0, 0.05) is 18.7 Å². The van der Waals surface area contributed by atoms with Crippen molar-refractivity contribution in [3.8, 4) is 11.5 Å². The fourth-order valence-electron chi connectivity index (χ4n) is 3.54. The molecule has 1 amide bonds. The Bertz CT molecular complexity index is 1090. The van der Waals surface area contributed by atoms with Gasteiger partial charge in [-0.05, 0) is 37.3 Å². The number of nitrogens with one attached hydrogen (secondary N) is 1. The van der Waals surface area contributed by atoms with Crippen molar-refractivity contribution in [2.45, 2.75) is 19.5 Å². The standard InChI is InChI=1S/C23H22F3N3O3/c1-15-18(28-22(32-15)16-5-3-2-4-6-16)14-21(30)27-19-13-17(23(24,25)26)7-8-20(19)29-9-11-31-12-10-29/h2-8,13H,9-12,14H2,1H3,(H,27,30). The number of alkyl halides is 3. The van der Waals surface area contributed by atoms with Crippen LogP contribution in [0.2, 0.25) is 0 Å². The molecule has 1 aliphatic heterocycles. The summed E-state index contributed by atoms with van der Waals surface area (Å²) in [6.07, 6.45) is -4.64. The summed E-state index contributed by atoms with van der Waals surface area (Å²) < 4.78 is 50.8. The van der Waals surface area contributed by atoms with Crippen LogP contribution >= 0.6 is 0 Å². The van der Waals surface area contributed by atoms with Gasteiger partial charge >= 0.3 is 6.18 Å². The summed E-state index contributed by atoms with van der Waals surface area (Å²) in [5.74, 6) is 0.394. The van der Waals surface area contributed by atoms with Gasteiger partial charge in [-0.3, -0.25) is 4.79 Å². The SMILES string of the molecule is Cc1oc(-c2ccccc2)nc1CC(=O)Nc1cc(C(F)(F)F)ccc1N1CCOCC1. The van der Waals surface area contributed by atoms with E-state index in [2.05, 4.69) is 10.3 Å². The molecule has 1 aliphatic rings. The van der Waals surface area contributed by atoms with Crippen molar-refractivity contribution in [1.82, 2.24) is 4.98 Å². The number of halogens is 3. The molecule has 4 rings (SSSR count). The van der Waals surface area contributed by atoms with Crippen molar-refractivity contribution in [2.75, 3.05) is 36.5 Å². The van der Waals surface area contributed by atoms with Crippen LogP contribution in [0.1, 0.15) is 17.0 Å². The average molecular weight is 445 g/mol. The maximum Gasteiger partial charge on any atom is 0.416 e. The highest BCUT2D eigenvalue weighted by Gasteiger charge is 2.32. The van der Waals surface area contributed by atoms with Crippen molar-refractivity contribution in [3.05, 3.63) is 65.5 Å². The monoisotopic (exact) mass is 445 g/mol. The van der Waals surface area contributed by atoms with Crippen molar-refractivity contribution >= 4 is 17.3 Å². The Morgan fingerprint density at radius 1 is 1.12 bits per heavy atom. The summed E-state index contributed by atoms with van der Waals surface area (Å²) in [6, 6.07) is 12.6. The van der Waals surface area contributed by atoms with E-state index in [1.165, 1.54) is 6.07 Å². The van der Waals surface area contributed by atoms with Crippen LogP contribution in [-0.4, -0.2) is 37.2 Å². The number of rotatable bonds is 5. The van der Waals surface area contributed by atoms with Gasteiger partial charge in [0.25, 0.3) is 0 Å². The molecule has 2 aromatic carbocycles. The number of hydrogen-bond donors (Lipinski definition) is 1. The molecule has 2 heterocycles. The Hall–Kier alpha value is -3.33. The van der Waals surface area contributed by atoms with Gasteiger partial charge < -0.3 is 19.4 Å². The molecule has 1 aromatic heterocycles. The fraction of sp³-hybridized carbons (Fsp3) is 0.304. The molecule has 1 saturated heterocycles. The topological polar surface area (TPSA) is 67.6 Å². The molecule has 0 spiro atoms. The van der Waals surface area contributed by atoms with Crippen LogP contribution in [0.4, 0.5) is 24.5 Å². The summed E-state index contributed by atoms with van der Waals surface area (Å²) in [6.45, 7) is 3.68. The maximum absolute atomic E-state index is 13.3. The molecule has 3 aromatic rings. The van der Waals surface area contributed by atoms with Gasteiger partial charge in [0.05, 0.1) is 42.3 Å². The smallest absolute Gasteiger partial charge is 0.416 e. The van der Waals surface area contributed by atoms with Crippen LogP contribution in [0.3, 0.4) is 0 Å². The van der Waals surface area contributed by atoms with E-state index in [4.69, 9.17) is 9.15 Å². The van der Waals surface area contributed by atoms with Crippen molar-refractivity contribution in [3.63, 3.8) is 0 Å². The quantitative estimate of drug-likeness (QED) is 0.617. The molecule has 0 atom stereocenters. The van der Waals surface area contributed by atoms with Crippen LogP contribution in [0.15, 0.2) is 52.9 Å². The molecular formula is C23H22F3N3O3. The number of nitrogens with zero attached hydrogens (tertiary/aromatic N) is 2. The highest BCUT2D eigenvalue weighted by molar-refractivity contribution is 5.95. The zero-order chi connectivity index (χ0) is 22.7. The van der Waals surface area contributed by atoms with E-state index >= 15 is 0 Å². The van der Waals surface area contributed by atoms with Crippen LogP contribution in [0.5, 0.6) is 0 Å². The maximum atomic E-state index is 13.3. The molecule has 1 N–H and O–H groups in total. The minimum atomic E-state index is -4.52. The van der Waals surface area contributed by atoms with E-state index in [1.807, 2.05) is 35.2 Å². The number of aromatic nitrogens is 1. The van der Waals surface area contributed by atoms with Gasteiger partial charge in [-0.25, -0.2) is 4.98 Å². The Balaban J connectivity index is 1.56. The number of carbonyl (C=O) groups is 1. The van der Waals surface area contributed by atoms with Gasteiger partial charge in [0.2, 0.25) is 11.8 Å². The highest BCUT2D eigenvalue weighted by atomic mass is 19.4. The first-order valence-corrected chi connectivity index (χ1v) is 10.2. The number of anilines is 2. The second-order valence-electron chi connectivity index (χ2n) is 7.44. The summed E-state index contributed by atoms with van der Waals surface area (Å²) in [5, 5.41) is 2.64. The van der Waals surface area contributed by atoms with Crippen LogP contribution in [-0.2, 0) is 22.1 Å². The first-order valence-electron chi connectivity index (χ1n) is 10.2. The number of benzene rings is 2. The highest BCUT2D eigenvalue weighted by Crippen LogP contribution is 2.36. The lowest BCUT2D eigenvalue weighted by molar-refractivity contribution is -0.137. The molecule has 0 bridgehead atoms. The largest absolute Gasteiger partial charge is 0.441 e. The van der Waals surface area contributed by atoms with E-state index in [0.717, 1.165) is 17.7 Å². The fourth-order valence-corrected chi connectivity index (χ4v) is 3.54. The summed E-state index contributed by atoms with van der Waals surface area (Å²) in [5.41, 5.74) is 1.01. The Morgan fingerprint density at radius 3 is 2.53 bits per heavy atom. The molecule has 0 aliphatic carbocycles. The van der Waals surface area contributed by atoms with Gasteiger partial charge in [-0.1, -0.05) is 18.2 Å². The molecule has 1 fully saturated rings. The lowest BCUT2D eigenvalue weighted by Gasteiger charge is -2.31. The van der Waals surface area contributed by atoms with E-state index in [9.17, 15) is 18.0 Å². The molecule has 0 saturated carbocycles. The average Bonchev–Trinajstić information content (AvgIpc) is 3.14. The molecule has 168 valence electrons. The third kappa shape index (κ3) is 4.94. The predicted molar refractivity (Wildman–Crippen MR) is 113 cm³/mol. The number of amides is 1. The zero-order valence-electron chi connectivity index (χ0n) is 17.4. The van der Waals surface area contributed by atoms with Gasteiger partial charge in [-0.2, -0.15) is 13.2 Å². The Kier molecular flexibility index (Phi) is 6.18. The lowest BCUT2D eigenvalue weighted by Crippen LogP contribution is -2.37. The number of oxazole rings is 1. The second kappa shape index (κ2) is 9.04. The second-order valence-corrected chi connectivity index (χ2v) is 7.44. The zero-order valence-corrected chi connectivity index (χ0v) is 17.4. The Morgan fingerprint density at radius 2 is 1.84 bits per heavy atom. The predicted octanol–water partition coefficient (Wildman–Crippen LogP) is 4.69. The number of carbonyl (C=O) groups excluding carboxylic acids is 1. The molecular weight excluding hydrogens is 423 g/mol. The van der Waals surface area contributed by atoms with Crippen molar-refractivity contribution in [2.24, 2.45) is 0 Å². The lowest BCUT2D eigenvalue weighted by atomic mass is 10.1. The summed E-state index contributed by atoms with van der Waals surface area (Å²) in [7, 11) is 0. The normalized spacial score (nSPS) is 14.4.